The van der Waals surface area contributed by atoms with E-state index in [1.165, 1.54) is 6.07 Å². The Kier molecular flexibility index (Phi) is 7.15. The van der Waals surface area contributed by atoms with E-state index < -0.39 is 5.97 Å². The number of ether oxygens (including phenoxy) is 3. The van der Waals surface area contributed by atoms with E-state index in [4.69, 9.17) is 19.3 Å². The monoisotopic (exact) mass is 423 g/mol. The van der Waals surface area contributed by atoms with Gasteiger partial charge in [-0.2, -0.15) is 0 Å². The molecule has 0 saturated heterocycles. The van der Waals surface area contributed by atoms with E-state index in [0.717, 1.165) is 16.5 Å². The van der Waals surface area contributed by atoms with Crippen LogP contribution in [0.5, 0.6) is 17.2 Å². The molecule has 26 heavy (non-hydrogen) atoms. The van der Waals surface area contributed by atoms with Crippen LogP contribution in [0.3, 0.4) is 0 Å². The van der Waals surface area contributed by atoms with Crippen LogP contribution < -0.4 is 19.5 Å². The van der Waals surface area contributed by atoms with Crippen molar-refractivity contribution in [3.8, 4) is 17.2 Å². The SMILES string of the molecule is CCCOc1c(Br)cc(CNc2cc(C(=O)O)ccc2OC)cc1OC. The fourth-order valence-corrected chi connectivity index (χ4v) is 3.00. The van der Waals surface area contributed by atoms with Gasteiger partial charge >= 0.3 is 5.97 Å². The minimum absolute atomic E-state index is 0.190. The summed E-state index contributed by atoms with van der Waals surface area (Å²) in [5.74, 6) is 0.890. The molecule has 0 atom stereocenters. The number of hydrogen-bond acceptors (Lipinski definition) is 5. The maximum absolute atomic E-state index is 11.2. The first kappa shape index (κ1) is 19.9. The lowest BCUT2D eigenvalue weighted by atomic mass is 10.1. The highest BCUT2D eigenvalue weighted by atomic mass is 79.9. The Morgan fingerprint density at radius 3 is 2.50 bits per heavy atom. The summed E-state index contributed by atoms with van der Waals surface area (Å²) >= 11 is 3.52. The topological polar surface area (TPSA) is 77.0 Å². The first-order valence-corrected chi connectivity index (χ1v) is 8.93. The van der Waals surface area contributed by atoms with E-state index in [1.807, 2.05) is 19.1 Å². The molecule has 2 aromatic carbocycles. The van der Waals surface area contributed by atoms with Gasteiger partial charge in [-0.1, -0.05) is 6.92 Å². The standard InChI is InChI=1S/C19H22BrNO5/c1-4-7-26-18-14(20)8-12(9-17(18)25-3)11-21-15-10-13(19(22)23)5-6-16(15)24-2/h5-6,8-10,21H,4,7,11H2,1-3H3,(H,22,23). The number of nitrogens with one attached hydrogen (secondary N) is 1. The van der Waals surface area contributed by atoms with Crippen molar-refractivity contribution in [3.05, 3.63) is 45.9 Å². The number of rotatable bonds is 9. The van der Waals surface area contributed by atoms with Gasteiger partial charge in [0.05, 0.1) is 36.6 Å². The van der Waals surface area contributed by atoms with Crippen molar-refractivity contribution >= 4 is 27.6 Å². The zero-order valence-corrected chi connectivity index (χ0v) is 16.6. The summed E-state index contributed by atoms with van der Waals surface area (Å²) in [4.78, 5) is 11.2. The molecule has 2 rings (SSSR count). The number of hydrogen-bond donors (Lipinski definition) is 2. The van der Waals surface area contributed by atoms with Gasteiger partial charge in [0.25, 0.3) is 0 Å². The van der Waals surface area contributed by atoms with E-state index in [2.05, 4.69) is 21.2 Å². The lowest BCUT2D eigenvalue weighted by Crippen LogP contribution is -2.05. The molecular formula is C19H22BrNO5. The van der Waals surface area contributed by atoms with Crippen LogP contribution in [0.1, 0.15) is 29.3 Å². The van der Waals surface area contributed by atoms with Crippen molar-refractivity contribution in [3.63, 3.8) is 0 Å². The molecule has 0 amide bonds. The number of carboxylic acids is 1. The summed E-state index contributed by atoms with van der Waals surface area (Å²) < 4.78 is 17.2. The zero-order valence-electron chi connectivity index (χ0n) is 15.0. The molecule has 0 fully saturated rings. The summed E-state index contributed by atoms with van der Waals surface area (Å²) in [6.45, 7) is 3.10. The number of carbonyl (C=O) groups is 1. The number of methoxy groups -OCH3 is 2. The molecule has 0 aromatic heterocycles. The fourth-order valence-electron chi connectivity index (χ4n) is 2.40. The van der Waals surface area contributed by atoms with Gasteiger partial charge in [0.15, 0.2) is 11.5 Å². The Balaban J connectivity index is 2.23. The van der Waals surface area contributed by atoms with Gasteiger partial charge in [-0.3, -0.25) is 0 Å². The van der Waals surface area contributed by atoms with Gasteiger partial charge in [0.2, 0.25) is 0 Å². The van der Waals surface area contributed by atoms with Crippen molar-refractivity contribution in [2.24, 2.45) is 0 Å². The third kappa shape index (κ3) is 4.82. The quantitative estimate of drug-likeness (QED) is 0.615. The van der Waals surface area contributed by atoms with Crippen LogP contribution in [0.4, 0.5) is 5.69 Å². The number of benzene rings is 2. The van der Waals surface area contributed by atoms with E-state index in [-0.39, 0.29) is 5.56 Å². The second-order valence-corrected chi connectivity index (χ2v) is 6.39. The van der Waals surface area contributed by atoms with Crippen LogP contribution in [0, 0.1) is 0 Å². The maximum atomic E-state index is 11.2. The fraction of sp³-hybridized carbons (Fsp3) is 0.316. The number of carboxylic acid groups (broad SMARTS) is 1. The average Bonchev–Trinajstić information content (AvgIpc) is 2.64. The number of anilines is 1. The van der Waals surface area contributed by atoms with Crippen LogP contribution in [0.15, 0.2) is 34.8 Å². The molecule has 0 heterocycles. The minimum atomic E-state index is -0.988. The van der Waals surface area contributed by atoms with Gasteiger partial charge in [-0.15, -0.1) is 0 Å². The average molecular weight is 424 g/mol. The molecule has 0 aliphatic carbocycles. The summed E-state index contributed by atoms with van der Waals surface area (Å²) in [7, 11) is 3.14. The highest BCUT2D eigenvalue weighted by Gasteiger charge is 2.13. The second-order valence-electron chi connectivity index (χ2n) is 5.53. The molecule has 0 radical (unpaired) electrons. The molecule has 6 nitrogen and oxygen atoms in total. The molecule has 140 valence electrons. The highest BCUT2D eigenvalue weighted by molar-refractivity contribution is 9.10. The number of halogens is 1. The van der Waals surface area contributed by atoms with Crippen molar-refractivity contribution in [2.45, 2.75) is 19.9 Å². The molecule has 0 aliphatic heterocycles. The van der Waals surface area contributed by atoms with Gasteiger partial charge < -0.3 is 24.6 Å². The molecule has 2 aromatic rings. The van der Waals surface area contributed by atoms with Gasteiger partial charge in [-0.25, -0.2) is 4.79 Å². The highest BCUT2D eigenvalue weighted by Crippen LogP contribution is 2.37. The Bertz CT molecular complexity index is 779. The first-order valence-electron chi connectivity index (χ1n) is 8.14. The molecule has 0 saturated carbocycles. The largest absolute Gasteiger partial charge is 0.495 e. The van der Waals surface area contributed by atoms with Gasteiger partial charge in [0.1, 0.15) is 5.75 Å². The Morgan fingerprint density at radius 2 is 1.88 bits per heavy atom. The first-order chi connectivity index (χ1) is 12.5. The minimum Gasteiger partial charge on any atom is -0.495 e. The van der Waals surface area contributed by atoms with Crippen LogP contribution in [0.2, 0.25) is 0 Å². The zero-order chi connectivity index (χ0) is 19.1. The van der Waals surface area contributed by atoms with Crippen molar-refractivity contribution < 1.29 is 24.1 Å². The van der Waals surface area contributed by atoms with Crippen molar-refractivity contribution in [1.82, 2.24) is 0 Å². The summed E-state index contributed by atoms with van der Waals surface area (Å²) in [5, 5.41) is 12.4. The summed E-state index contributed by atoms with van der Waals surface area (Å²) in [6.07, 6.45) is 0.901. The maximum Gasteiger partial charge on any atom is 0.335 e. The summed E-state index contributed by atoms with van der Waals surface area (Å²) in [5.41, 5.74) is 1.74. The third-order valence-electron chi connectivity index (χ3n) is 3.67. The smallest absolute Gasteiger partial charge is 0.335 e. The van der Waals surface area contributed by atoms with Crippen LogP contribution >= 0.6 is 15.9 Å². The van der Waals surface area contributed by atoms with E-state index in [9.17, 15) is 4.79 Å². The lowest BCUT2D eigenvalue weighted by Gasteiger charge is -2.16. The molecule has 0 aliphatic rings. The van der Waals surface area contributed by atoms with Crippen molar-refractivity contribution in [2.75, 3.05) is 26.1 Å². The van der Waals surface area contributed by atoms with Crippen LogP contribution in [-0.2, 0) is 6.54 Å². The van der Waals surface area contributed by atoms with Gasteiger partial charge in [-0.05, 0) is 58.2 Å². The second kappa shape index (κ2) is 9.33. The Hall–Kier alpha value is -2.41. The van der Waals surface area contributed by atoms with E-state index in [0.29, 0.717) is 36.1 Å². The third-order valence-corrected chi connectivity index (χ3v) is 4.26. The normalized spacial score (nSPS) is 10.3. The molecule has 0 spiro atoms. The lowest BCUT2D eigenvalue weighted by molar-refractivity contribution is 0.0697. The van der Waals surface area contributed by atoms with E-state index >= 15 is 0 Å². The molecule has 2 N–H and O–H groups in total. The predicted octanol–water partition coefficient (Wildman–Crippen LogP) is 4.57. The van der Waals surface area contributed by atoms with Crippen molar-refractivity contribution in [1.29, 1.82) is 0 Å². The molecule has 7 heteroatoms. The van der Waals surface area contributed by atoms with Gasteiger partial charge in [0, 0.05) is 6.54 Å². The molecule has 0 unspecified atom stereocenters. The molecular weight excluding hydrogens is 402 g/mol. The predicted molar refractivity (Wildman–Crippen MR) is 104 cm³/mol. The van der Waals surface area contributed by atoms with E-state index in [1.54, 1.807) is 26.4 Å². The Morgan fingerprint density at radius 1 is 1.15 bits per heavy atom. The number of aromatic carboxylic acids is 1. The van der Waals surface area contributed by atoms with Crippen LogP contribution in [-0.4, -0.2) is 31.9 Å². The van der Waals surface area contributed by atoms with Crippen LogP contribution in [0.25, 0.3) is 0 Å². The Labute approximate surface area is 161 Å². The molecule has 0 bridgehead atoms. The summed E-state index contributed by atoms with van der Waals surface area (Å²) in [6, 6.07) is 8.51.